The molecule has 18 heteroatoms. The molecular weight excluding hydrogens is 297 g/mol. The molecule has 88 valence electrons. The maximum atomic E-state index is 10.1. The smallest absolute Gasteiger partial charge is 0.790 e. The van der Waals surface area contributed by atoms with Gasteiger partial charge in [-0.15, -0.1) is 0 Å². The summed E-state index contributed by atoms with van der Waals surface area (Å²) in [7, 11) is -17.6. The molecule has 0 heterocycles. The summed E-state index contributed by atoms with van der Waals surface area (Å²) >= 11 is 0. The Hall–Kier alpha value is 2.76. The summed E-state index contributed by atoms with van der Waals surface area (Å²) in [6.07, 6.45) is 0. The van der Waals surface area contributed by atoms with Crippen LogP contribution in [0.4, 0.5) is 0 Å². The monoisotopic (exact) mass is 300 g/mol. The first-order valence-electron chi connectivity index (χ1n) is 2.21. The van der Waals surface area contributed by atoms with Crippen LogP contribution in [0.15, 0.2) is 0 Å². The molecule has 0 fully saturated rings. The maximum absolute atomic E-state index is 10.1. The van der Waals surface area contributed by atoms with Gasteiger partial charge < -0.3 is 34.5 Å². The number of rotatable bonds is 4. The third kappa shape index (κ3) is 27.2. The van der Waals surface area contributed by atoms with E-state index in [2.05, 4.69) is 8.62 Å². The van der Waals surface area contributed by atoms with Crippen molar-refractivity contribution in [3.8, 4) is 0 Å². The Balaban J connectivity index is -0.0000000720. The Morgan fingerprint density at radius 1 is 0.778 bits per heavy atom. The van der Waals surface area contributed by atoms with Crippen LogP contribution < -0.4 is 95.0 Å². The van der Waals surface area contributed by atoms with Gasteiger partial charge in [0.1, 0.15) is 0 Å². The molecule has 0 saturated heterocycles. The van der Waals surface area contributed by atoms with Gasteiger partial charge in [0.2, 0.25) is 0 Å². The topological polar surface area (TPSA) is 214 Å². The normalized spacial score (nSPS) is 15.8. The molecule has 3 N–H and O–H groups in total. The Labute approximate surface area is 150 Å². The van der Waals surface area contributed by atoms with Gasteiger partial charge in [-0.05, 0) is 0 Å². The van der Waals surface area contributed by atoms with Crippen molar-refractivity contribution in [2.24, 2.45) is 0 Å². The fourth-order valence-corrected chi connectivity index (χ4v) is 2.64. The molecule has 2 atom stereocenters. The van der Waals surface area contributed by atoms with E-state index < -0.39 is 23.5 Å². The molecular formula is H3Li4O11P3. The molecule has 0 aromatic carbocycles. The van der Waals surface area contributed by atoms with E-state index in [1.54, 1.807) is 0 Å². The van der Waals surface area contributed by atoms with E-state index in [1.807, 2.05) is 0 Å². The number of hydrogen-bond donors (Lipinski definition) is 1. The summed E-state index contributed by atoms with van der Waals surface area (Å²) in [6, 6.07) is 0. The average Bonchev–Trinajstić information content (AvgIpc) is 1.43. The molecule has 0 aliphatic carbocycles. The minimum atomic E-state index is -5.95. The van der Waals surface area contributed by atoms with Gasteiger partial charge in [0.05, 0.1) is 7.82 Å². The molecule has 0 aliphatic rings. The van der Waals surface area contributed by atoms with Crippen LogP contribution in [-0.4, -0.2) is 10.4 Å². The van der Waals surface area contributed by atoms with Crippen LogP contribution >= 0.6 is 23.5 Å². The predicted molar refractivity (Wildman–Crippen MR) is 30.8 cm³/mol. The van der Waals surface area contributed by atoms with Crippen molar-refractivity contribution in [1.29, 1.82) is 0 Å². The average molecular weight is 300 g/mol. The van der Waals surface area contributed by atoms with E-state index in [-0.39, 0.29) is 80.9 Å². The van der Waals surface area contributed by atoms with Gasteiger partial charge in [0.15, 0.2) is 0 Å². The van der Waals surface area contributed by atoms with Crippen molar-refractivity contribution in [2.75, 3.05) is 0 Å². The van der Waals surface area contributed by atoms with Crippen LogP contribution in [-0.2, 0) is 22.3 Å². The van der Waals surface area contributed by atoms with Crippen molar-refractivity contribution in [3.05, 3.63) is 0 Å². The fourth-order valence-electron chi connectivity index (χ4n) is 0.264. The van der Waals surface area contributed by atoms with Crippen molar-refractivity contribution >= 4 is 23.5 Å². The summed E-state index contributed by atoms with van der Waals surface area (Å²) in [6.45, 7) is 0. The molecule has 11 nitrogen and oxygen atoms in total. The van der Waals surface area contributed by atoms with Crippen molar-refractivity contribution < 1.29 is 128 Å². The molecule has 0 aliphatic heterocycles. The third-order valence-corrected chi connectivity index (χ3v) is 3.63. The predicted octanol–water partition coefficient (Wildman–Crippen LogP) is -16.0. The quantitative estimate of drug-likeness (QED) is 0.382. The van der Waals surface area contributed by atoms with Gasteiger partial charge in [-0.25, -0.2) is 4.31 Å². The first-order valence-corrected chi connectivity index (χ1v) is 6.62. The second-order valence-corrected chi connectivity index (χ2v) is 5.56. The molecule has 2 unspecified atom stereocenters. The molecule has 0 aromatic rings. The Morgan fingerprint density at radius 2 is 1.06 bits per heavy atom. The van der Waals surface area contributed by atoms with Gasteiger partial charge in [0, 0.05) is 0 Å². The van der Waals surface area contributed by atoms with Crippen LogP contribution in [0.5, 0.6) is 0 Å². The van der Waals surface area contributed by atoms with Crippen molar-refractivity contribution in [3.63, 3.8) is 0 Å². The van der Waals surface area contributed by atoms with E-state index in [4.69, 9.17) is 4.89 Å². The summed E-state index contributed by atoms with van der Waals surface area (Å²) in [5.41, 5.74) is 0. The van der Waals surface area contributed by atoms with Crippen LogP contribution in [0.2, 0.25) is 0 Å². The first-order chi connectivity index (χ1) is 5.41. The van der Waals surface area contributed by atoms with Gasteiger partial charge >= 0.3 is 75.4 Å². The van der Waals surface area contributed by atoms with Crippen LogP contribution in [0.25, 0.3) is 0 Å². The van der Waals surface area contributed by atoms with Crippen LogP contribution in [0.1, 0.15) is 0 Å². The summed E-state index contributed by atoms with van der Waals surface area (Å²) < 4.78 is 35.0. The van der Waals surface area contributed by atoms with Crippen molar-refractivity contribution in [1.82, 2.24) is 0 Å². The third-order valence-electron chi connectivity index (χ3n) is 0.403. The standard InChI is InChI=1S/4Li.H5O10P3.H2O/c;;;;1-11(2,3)9-13(7,8)10-12(4,5)6;/h;;;;(H,7,8)(H2,1,2,3)(H2,4,5,6);1H2/q4*+1;;/p-4. The SMILES string of the molecule is O.O=P([O-])([O-])OP(=O)([O-])OP(=O)([O-])O.[Li+].[Li+].[Li+].[Li+]. The van der Waals surface area contributed by atoms with Gasteiger partial charge in [-0.3, -0.25) is 13.4 Å². The van der Waals surface area contributed by atoms with Gasteiger partial charge in [0.25, 0.3) is 15.6 Å². The second kappa shape index (κ2) is 13.4. The van der Waals surface area contributed by atoms with Gasteiger partial charge in [-0.2, -0.15) is 0 Å². The zero-order chi connectivity index (χ0) is 10.9. The number of phosphoric acid groups is 3. The van der Waals surface area contributed by atoms with Crippen molar-refractivity contribution in [2.45, 2.75) is 0 Å². The summed E-state index contributed by atoms with van der Waals surface area (Å²) in [5.74, 6) is 0. The maximum Gasteiger partial charge on any atom is 1.00 e. The van der Waals surface area contributed by atoms with Gasteiger partial charge in [-0.1, -0.05) is 0 Å². The van der Waals surface area contributed by atoms with Crippen LogP contribution in [0, 0.1) is 0 Å². The Kier molecular flexibility index (Phi) is 27.7. The Morgan fingerprint density at radius 3 is 1.22 bits per heavy atom. The molecule has 0 bridgehead atoms. The first kappa shape index (κ1) is 37.2. The largest absolute Gasteiger partial charge is 1.00 e. The molecule has 0 aromatic heterocycles. The van der Waals surface area contributed by atoms with E-state index >= 15 is 0 Å². The molecule has 0 radical (unpaired) electrons. The van der Waals surface area contributed by atoms with E-state index in [0.717, 1.165) is 0 Å². The number of hydrogen-bond acceptors (Lipinski definition) is 9. The second-order valence-electron chi connectivity index (χ2n) is 1.53. The van der Waals surface area contributed by atoms with E-state index in [9.17, 15) is 33.3 Å². The fraction of sp³-hybridized carbons (Fsp3) is 0. The summed E-state index contributed by atoms with van der Waals surface area (Å²) in [4.78, 5) is 47.0. The summed E-state index contributed by atoms with van der Waals surface area (Å²) in [5, 5.41) is 0. The van der Waals surface area contributed by atoms with Crippen LogP contribution in [0.3, 0.4) is 0 Å². The minimum absolute atomic E-state index is 0. The minimum Gasteiger partial charge on any atom is -0.790 e. The molecule has 0 rings (SSSR count). The molecule has 18 heavy (non-hydrogen) atoms. The molecule has 0 saturated carbocycles. The zero-order valence-corrected chi connectivity index (χ0v) is 12.6. The van der Waals surface area contributed by atoms with E-state index in [0.29, 0.717) is 0 Å². The Bertz CT molecular complexity index is 286. The van der Waals surface area contributed by atoms with E-state index in [1.165, 1.54) is 0 Å². The molecule has 0 spiro atoms. The zero-order valence-electron chi connectivity index (χ0n) is 9.96. The molecule has 0 amide bonds.